The zero-order valence-corrected chi connectivity index (χ0v) is 14.4. The molecule has 0 aromatic heterocycles. The lowest BCUT2D eigenvalue weighted by atomic mass is 9.87. The molecule has 126 valence electrons. The highest BCUT2D eigenvalue weighted by Crippen LogP contribution is 2.24. The van der Waals surface area contributed by atoms with Gasteiger partial charge < -0.3 is 15.3 Å². The summed E-state index contributed by atoms with van der Waals surface area (Å²) in [5.74, 6) is 0.907. The molecule has 0 radical (unpaired) electrons. The molecule has 0 fully saturated rings. The molecule has 3 nitrogen and oxygen atoms in total. The molecule has 1 aliphatic carbocycles. The van der Waals surface area contributed by atoms with Crippen molar-refractivity contribution in [2.45, 2.75) is 71.2 Å². The number of aliphatic hydroxyl groups is 3. The summed E-state index contributed by atoms with van der Waals surface area (Å²) in [6, 6.07) is 0. The molecule has 1 aliphatic rings. The molecule has 0 amide bonds. The third-order valence-corrected chi connectivity index (χ3v) is 4.35. The van der Waals surface area contributed by atoms with Gasteiger partial charge in [-0.3, -0.25) is 0 Å². The first kappa shape index (κ1) is 19.1. The van der Waals surface area contributed by atoms with E-state index in [1.165, 1.54) is 0 Å². The second kappa shape index (κ2) is 8.66. The standard InChI is InChI=1S/C19H32O3/c1-14(2)16-8-6-5-7-9-18(21)15(3)12-17(20)13-19(4,22)11-10-16/h5,7,10-12,14,16-18,20-22H,6,8-9,13H2,1-4H3/b7-5+,11-10+,15-12-/t16-,17+,18+,19-/m1/s1. The minimum Gasteiger partial charge on any atom is -0.389 e. The van der Waals surface area contributed by atoms with Crippen LogP contribution in [0.1, 0.15) is 53.4 Å². The lowest BCUT2D eigenvalue weighted by Crippen LogP contribution is -2.28. The Hall–Kier alpha value is -0.900. The van der Waals surface area contributed by atoms with Crippen LogP contribution in [0.4, 0.5) is 0 Å². The van der Waals surface area contributed by atoms with Crippen LogP contribution in [0.25, 0.3) is 0 Å². The van der Waals surface area contributed by atoms with E-state index in [1.54, 1.807) is 13.0 Å². The van der Waals surface area contributed by atoms with Gasteiger partial charge in [0.05, 0.1) is 17.8 Å². The fourth-order valence-corrected chi connectivity index (χ4v) is 2.77. The summed E-state index contributed by atoms with van der Waals surface area (Å²) in [7, 11) is 0. The highest BCUT2D eigenvalue weighted by atomic mass is 16.3. The maximum atomic E-state index is 10.5. The molecule has 3 N–H and O–H groups in total. The molecule has 0 saturated carbocycles. The fraction of sp³-hybridized carbons (Fsp3) is 0.684. The van der Waals surface area contributed by atoms with Crippen LogP contribution in [0.3, 0.4) is 0 Å². The summed E-state index contributed by atoms with van der Waals surface area (Å²) in [5, 5.41) is 30.6. The Labute approximate surface area is 135 Å². The van der Waals surface area contributed by atoms with Crippen LogP contribution in [0.15, 0.2) is 36.0 Å². The van der Waals surface area contributed by atoms with Crippen molar-refractivity contribution < 1.29 is 15.3 Å². The number of rotatable bonds is 1. The zero-order chi connectivity index (χ0) is 16.8. The predicted octanol–water partition coefficient (Wildman–Crippen LogP) is 3.36. The Morgan fingerprint density at radius 1 is 1.23 bits per heavy atom. The Morgan fingerprint density at radius 3 is 2.55 bits per heavy atom. The largest absolute Gasteiger partial charge is 0.389 e. The summed E-state index contributed by atoms with van der Waals surface area (Å²) in [6.07, 6.45) is 11.1. The van der Waals surface area contributed by atoms with Crippen molar-refractivity contribution in [1.82, 2.24) is 0 Å². The molecule has 4 atom stereocenters. The fourth-order valence-electron chi connectivity index (χ4n) is 2.77. The summed E-state index contributed by atoms with van der Waals surface area (Å²) in [6.45, 7) is 7.89. The van der Waals surface area contributed by atoms with Gasteiger partial charge in [0.2, 0.25) is 0 Å². The predicted molar refractivity (Wildman–Crippen MR) is 91.5 cm³/mol. The highest BCUT2D eigenvalue weighted by Gasteiger charge is 2.22. The van der Waals surface area contributed by atoms with Crippen molar-refractivity contribution in [2.24, 2.45) is 11.8 Å². The van der Waals surface area contributed by atoms with Gasteiger partial charge in [-0.25, -0.2) is 0 Å². The Morgan fingerprint density at radius 2 is 1.91 bits per heavy atom. The molecule has 22 heavy (non-hydrogen) atoms. The molecular formula is C19H32O3. The van der Waals surface area contributed by atoms with Crippen LogP contribution in [0, 0.1) is 11.8 Å². The van der Waals surface area contributed by atoms with Crippen LogP contribution in [0.5, 0.6) is 0 Å². The van der Waals surface area contributed by atoms with Crippen LogP contribution in [-0.2, 0) is 0 Å². The number of hydrogen-bond acceptors (Lipinski definition) is 3. The zero-order valence-electron chi connectivity index (χ0n) is 14.4. The van der Waals surface area contributed by atoms with Gasteiger partial charge in [-0.15, -0.1) is 0 Å². The normalized spacial score (nSPS) is 40.5. The van der Waals surface area contributed by atoms with Gasteiger partial charge in [-0.1, -0.05) is 44.2 Å². The van der Waals surface area contributed by atoms with Gasteiger partial charge >= 0.3 is 0 Å². The van der Waals surface area contributed by atoms with Crippen molar-refractivity contribution in [3.63, 3.8) is 0 Å². The first-order valence-electron chi connectivity index (χ1n) is 8.32. The van der Waals surface area contributed by atoms with Crippen LogP contribution in [0.2, 0.25) is 0 Å². The maximum absolute atomic E-state index is 10.5. The van der Waals surface area contributed by atoms with Crippen LogP contribution >= 0.6 is 0 Å². The Balaban J connectivity index is 2.96. The molecule has 0 aromatic carbocycles. The number of allylic oxidation sites excluding steroid dienone is 2. The first-order valence-corrected chi connectivity index (χ1v) is 8.32. The lowest BCUT2D eigenvalue weighted by Gasteiger charge is -2.24. The summed E-state index contributed by atoms with van der Waals surface area (Å²) >= 11 is 0. The summed E-state index contributed by atoms with van der Waals surface area (Å²) in [4.78, 5) is 0. The van der Waals surface area contributed by atoms with Crippen LogP contribution < -0.4 is 0 Å². The van der Waals surface area contributed by atoms with Crippen molar-refractivity contribution in [3.05, 3.63) is 36.0 Å². The summed E-state index contributed by atoms with van der Waals surface area (Å²) < 4.78 is 0. The molecule has 0 spiro atoms. The molecule has 1 rings (SSSR count). The van der Waals surface area contributed by atoms with E-state index in [4.69, 9.17) is 0 Å². The molecule has 0 bridgehead atoms. The van der Waals surface area contributed by atoms with Crippen molar-refractivity contribution in [1.29, 1.82) is 0 Å². The third kappa shape index (κ3) is 6.91. The van der Waals surface area contributed by atoms with Crippen molar-refractivity contribution in [2.75, 3.05) is 0 Å². The van der Waals surface area contributed by atoms with E-state index in [1.807, 2.05) is 19.1 Å². The molecule has 0 aliphatic heterocycles. The number of hydrogen-bond donors (Lipinski definition) is 3. The van der Waals surface area contributed by atoms with E-state index in [9.17, 15) is 15.3 Å². The average molecular weight is 308 g/mol. The maximum Gasteiger partial charge on any atom is 0.0827 e. The smallest absolute Gasteiger partial charge is 0.0827 e. The van der Waals surface area contributed by atoms with Gasteiger partial charge in [0, 0.05) is 6.42 Å². The topological polar surface area (TPSA) is 60.7 Å². The molecule has 0 saturated heterocycles. The van der Waals surface area contributed by atoms with Crippen molar-refractivity contribution >= 4 is 0 Å². The van der Waals surface area contributed by atoms with Gasteiger partial charge in [-0.05, 0) is 50.5 Å². The van der Waals surface area contributed by atoms with Gasteiger partial charge in [0.1, 0.15) is 0 Å². The first-order chi connectivity index (χ1) is 10.2. The molecule has 0 heterocycles. The quantitative estimate of drug-likeness (QED) is 0.651. The highest BCUT2D eigenvalue weighted by molar-refractivity contribution is 5.12. The minimum atomic E-state index is -1.05. The molecule has 0 aromatic rings. The van der Waals surface area contributed by atoms with E-state index >= 15 is 0 Å². The average Bonchev–Trinajstić information content (AvgIpc) is 2.39. The second-order valence-corrected chi connectivity index (χ2v) is 7.11. The van der Waals surface area contributed by atoms with Gasteiger partial charge in [0.15, 0.2) is 0 Å². The van der Waals surface area contributed by atoms with Crippen molar-refractivity contribution in [3.8, 4) is 0 Å². The van der Waals surface area contributed by atoms with Gasteiger partial charge in [-0.2, -0.15) is 0 Å². The summed E-state index contributed by atoms with van der Waals surface area (Å²) in [5.41, 5.74) is -0.303. The minimum absolute atomic E-state index is 0.230. The van der Waals surface area contributed by atoms with Gasteiger partial charge in [0.25, 0.3) is 0 Å². The number of aliphatic hydroxyl groups excluding tert-OH is 2. The molecule has 3 heteroatoms. The second-order valence-electron chi connectivity index (χ2n) is 7.11. The SMILES string of the molecule is C/C1=C/[C@H](O)C[C@](C)(O)/C=C/[C@H](C(C)C)CC/C=C/C[C@@H]1O. The van der Waals surface area contributed by atoms with E-state index in [0.29, 0.717) is 18.3 Å². The molecular weight excluding hydrogens is 276 g/mol. The molecule has 0 unspecified atom stereocenters. The van der Waals surface area contributed by atoms with E-state index < -0.39 is 17.8 Å². The Kier molecular flexibility index (Phi) is 7.54. The van der Waals surface area contributed by atoms with E-state index in [-0.39, 0.29) is 6.42 Å². The monoisotopic (exact) mass is 308 g/mol. The Bertz CT molecular complexity index is 418. The lowest BCUT2D eigenvalue weighted by molar-refractivity contribution is 0.0559. The van der Waals surface area contributed by atoms with E-state index in [0.717, 1.165) is 18.4 Å². The van der Waals surface area contributed by atoms with E-state index in [2.05, 4.69) is 26.0 Å². The van der Waals surface area contributed by atoms with Crippen LogP contribution in [-0.4, -0.2) is 33.1 Å². The third-order valence-electron chi connectivity index (χ3n) is 4.35.